The standard InChI is InChI=1S/C20H29N3O2S/c24-19(22-15-3-1-10-23-11-2-4-16(15)23)18-13-14-17(26-18)5-12-25-20(14)6-8-21-9-7-20/h13,15-16,21H,1-12H2,(H,22,24)/t15-,16-/m0/s1. The zero-order chi connectivity index (χ0) is 17.6. The van der Waals surface area contributed by atoms with E-state index >= 15 is 0 Å². The van der Waals surface area contributed by atoms with E-state index in [1.807, 2.05) is 0 Å². The maximum atomic E-state index is 13.0. The van der Waals surface area contributed by atoms with E-state index in [0.29, 0.717) is 12.1 Å². The van der Waals surface area contributed by atoms with Gasteiger partial charge in [-0.25, -0.2) is 0 Å². The number of hydrogen-bond donors (Lipinski definition) is 2. The molecule has 0 saturated carbocycles. The predicted molar refractivity (Wildman–Crippen MR) is 103 cm³/mol. The summed E-state index contributed by atoms with van der Waals surface area (Å²) in [6.45, 7) is 5.19. The quantitative estimate of drug-likeness (QED) is 0.833. The molecule has 1 spiro atoms. The maximum Gasteiger partial charge on any atom is 0.261 e. The Morgan fingerprint density at radius 1 is 1.27 bits per heavy atom. The smallest absolute Gasteiger partial charge is 0.261 e. The molecule has 2 atom stereocenters. The van der Waals surface area contributed by atoms with Gasteiger partial charge in [-0.1, -0.05) is 0 Å². The average Bonchev–Trinajstić information content (AvgIpc) is 3.31. The van der Waals surface area contributed by atoms with Crippen molar-refractivity contribution in [1.29, 1.82) is 0 Å². The van der Waals surface area contributed by atoms with Crippen molar-refractivity contribution in [2.45, 2.75) is 62.6 Å². The highest BCUT2D eigenvalue weighted by Crippen LogP contribution is 2.43. The lowest BCUT2D eigenvalue weighted by Crippen LogP contribution is -2.52. The third-order valence-electron chi connectivity index (χ3n) is 6.80. The van der Waals surface area contributed by atoms with E-state index in [2.05, 4.69) is 21.6 Å². The topological polar surface area (TPSA) is 53.6 Å². The molecule has 5 nitrogen and oxygen atoms in total. The van der Waals surface area contributed by atoms with Gasteiger partial charge in [-0.2, -0.15) is 0 Å². The molecule has 2 N–H and O–H groups in total. The molecule has 3 fully saturated rings. The van der Waals surface area contributed by atoms with E-state index in [1.54, 1.807) is 11.3 Å². The largest absolute Gasteiger partial charge is 0.370 e. The van der Waals surface area contributed by atoms with Crippen LogP contribution in [0.25, 0.3) is 0 Å². The lowest BCUT2D eigenvalue weighted by Gasteiger charge is -2.40. The van der Waals surface area contributed by atoms with Crippen LogP contribution in [-0.4, -0.2) is 55.7 Å². The fraction of sp³-hybridized carbons (Fsp3) is 0.750. The second-order valence-electron chi connectivity index (χ2n) is 8.26. The first-order chi connectivity index (χ1) is 12.8. The average molecular weight is 376 g/mol. The van der Waals surface area contributed by atoms with E-state index in [1.165, 1.54) is 42.8 Å². The Bertz CT molecular complexity index is 683. The summed E-state index contributed by atoms with van der Waals surface area (Å²) in [7, 11) is 0. The van der Waals surface area contributed by atoms with Crippen molar-refractivity contribution in [3.05, 3.63) is 21.4 Å². The molecule has 5 heterocycles. The summed E-state index contributed by atoms with van der Waals surface area (Å²) >= 11 is 1.70. The van der Waals surface area contributed by atoms with Crippen LogP contribution in [0.4, 0.5) is 0 Å². The number of hydrogen-bond acceptors (Lipinski definition) is 5. The lowest BCUT2D eigenvalue weighted by molar-refractivity contribution is -0.0792. The fourth-order valence-corrected chi connectivity index (χ4v) is 6.61. The number of amides is 1. The van der Waals surface area contributed by atoms with Gasteiger partial charge in [0, 0.05) is 23.4 Å². The van der Waals surface area contributed by atoms with Crippen LogP contribution < -0.4 is 10.6 Å². The molecule has 4 aliphatic rings. The zero-order valence-corrected chi connectivity index (χ0v) is 16.2. The van der Waals surface area contributed by atoms with Crippen molar-refractivity contribution in [2.24, 2.45) is 0 Å². The molecule has 0 aromatic carbocycles. The van der Waals surface area contributed by atoms with Gasteiger partial charge in [0.1, 0.15) is 0 Å². The van der Waals surface area contributed by atoms with Crippen LogP contribution in [0.2, 0.25) is 0 Å². The molecule has 142 valence electrons. The van der Waals surface area contributed by atoms with Gasteiger partial charge in [-0.15, -0.1) is 11.3 Å². The molecule has 3 saturated heterocycles. The molecule has 0 radical (unpaired) electrons. The normalized spacial score (nSPS) is 30.8. The summed E-state index contributed by atoms with van der Waals surface area (Å²) in [6.07, 6.45) is 7.80. The number of nitrogens with one attached hydrogen (secondary N) is 2. The maximum absolute atomic E-state index is 13.0. The predicted octanol–water partition coefficient (Wildman–Crippen LogP) is 2.26. The second-order valence-corrected chi connectivity index (χ2v) is 9.39. The number of carbonyl (C=O) groups is 1. The van der Waals surface area contributed by atoms with Crippen LogP contribution in [0.1, 0.15) is 58.6 Å². The van der Waals surface area contributed by atoms with E-state index in [0.717, 1.165) is 50.3 Å². The van der Waals surface area contributed by atoms with Crippen molar-refractivity contribution in [3.63, 3.8) is 0 Å². The Morgan fingerprint density at radius 2 is 2.08 bits per heavy atom. The monoisotopic (exact) mass is 375 g/mol. The van der Waals surface area contributed by atoms with Gasteiger partial charge in [0.05, 0.1) is 17.1 Å². The molecule has 1 amide bonds. The number of rotatable bonds is 2. The minimum absolute atomic E-state index is 0.132. The number of fused-ring (bicyclic) bond motifs is 3. The van der Waals surface area contributed by atoms with E-state index < -0.39 is 0 Å². The molecular formula is C20H29N3O2S. The second kappa shape index (κ2) is 6.89. The number of piperidine rings is 2. The Balaban J connectivity index is 1.35. The molecule has 5 rings (SSSR count). The highest BCUT2D eigenvalue weighted by molar-refractivity contribution is 7.14. The molecule has 6 heteroatoms. The number of ether oxygens (including phenoxy) is 1. The Morgan fingerprint density at radius 3 is 2.92 bits per heavy atom. The van der Waals surface area contributed by atoms with Crippen LogP contribution in [0.5, 0.6) is 0 Å². The van der Waals surface area contributed by atoms with Crippen LogP contribution in [0.15, 0.2) is 6.07 Å². The fourth-order valence-electron chi connectivity index (χ4n) is 5.47. The van der Waals surface area contributed by atoms with Crippen LogP contribution in [-0.2, 0) is 16.8 Å². The van der Waals surface area contributed by atoms with Crippen molar-refractivity contribution in [1.82, 2.24) is 15.5 Å². The molecule has 1 aromatic rings. The van der Waals surface area contributed by atoms with Crippen LogP contribution in [0, 0.1) is 0 Å². The minimum atomic E-state index is -0.152. The first-order valence-electron chi connectivity index (χ1n) is 10.3. The van der Waals surface area contributed by atoms with Gasteiger partial charge in [-0.3, -0.25) is 9.69 Å². The lowest BCUT2D eigenvalue weighted by atomic mass is 9.83. The Labute approximate surface area is 159 Å². The summed E-state index contributed by atoms with van der Waals surface area (Å²) in [6, 6.07) is 3.03. The van der Waals surface area contributed by atoms with Gasteiger partial charge >= 0.3 is 0 Å². The SMILES string of the molecule is O=C(N[C@H]1CCCN2CCC[C@@H]12)c1cc2c(s1)CCOC21CCNCC1. The Kier molecular flexibility index (Phi) is 4.55. The number of carbonyl (C=O) groups excluding carboxylic acids is 1. The summed E-state index contributed by atoms with van der Waals surface area (Å²) in [5, 5.41) is 6.82. The molecule has 4 aliphatic heterocycles. The van der Waals surface area contributed by atoms with Crippen molar-refractivity contribution in [3.8, 4) is 0 Å². The van der Waals surface area contributed by atoms with E-state index in [-0.39, 0.29) is 11.5 Å². The first-order valence-corrected chi connectivity index (χ1v) is 11.1. The van der Waals surface area contributed by atoms with Crippen molar-refractivity contribution in [2.75, 3.05) is 32.8 Å². The molecule has 26 heavy (non-hydrogen) atoms. The highest BCUT2D eigenvalue weighted by atomic mass is 32.1. The first kappa shape index (κ1) is 17.2. The highest BCUT2D eigenvalue weighted by Gasteiger charge is 2.41. The number of thiophene rings is 1. The van der Waals surface area contributed by atoms with E-state index in [9.17, 15) is 4.79 Å². The minimum Gasteiger partial charge on any atom is -0.370 e. The van der Waals surface area contributed by atoms with Gasteiger partial charge in [0.2, 0.25) is 0 Å². The van der Waals surface area contributed by atoms with E-state index in [4.69, 9.17) is 4.74 Å². The summed E-state index contributed by atoms with van der Waals surface area (Å²) in [4.78, 5) is 17.8. The third kappa shape index (κ3) is 2.91. The van der Waals surface area contributed by atoms with Gasteiger partial charge < -0.3 is 15.4 Å². The zero-order valence-electron chi connectivity index (χ0n) is 15.4. The van der Waals surface area contributed by atoms with Crippen LogP contribution >= 0.6 is 11.3 Å². The summed E-state index contributed by atoms with van der Waals surface area (Å²) in [5.74, 6) is 0.132. The van der Waals surface area contributed by atoms with Gasteiger partial charge in [-0.05, 0) is 76.3 Å². The molecule has 1 aromatic heterocycles. The van der Waals surface area contributed by atoms with Crippen LogP contribution in [0.3, 0.4) is 0 Å². The van der Waals surface area contributed by atoms with Gasteiger partial charge in [0.15, 0.2) is 0 Å². The molecular weight excluding hydrogens is 346 g/mol. The van der Waals surface area contributed by atoms with Crippen molar-refractivity contribution >= 4 is 17.2 Å². The third-order valence-corrected chi connectivity index (χ3v) is 7.99. The summed E-state index contributed by atoms with van der Waals surface area (Å²) < 4.78 is 6.26. The summed E-state index contributed by atoms with van der Waals surface area (Å²) in [5.41, 5.74) is 1.15. The molecule has 0 aliphatic carbocycles. The molecule has 0 unspecified atom stereocenters. The molecule has 0 bridgehead atoms. The van der Waals surface area contributed by atoms with Crippen molar-refractivity contribution < 1.29 is 9.53 Å². The number of nitrogens with zero attached hydrogens (tertiary/aromatic N) is 1. The van der Waals surface area contributed by atoms with Gasteiger partial charge in [0.25, 0.3) is 5.91 Å². The Hall–Kier alpha value is -0.950.